The van der Waals surface area contributed by atoms with E-state index in [-0.39, 0.29) is 0 Å². The number of hydrogen-bond acceptors (Lipinski definition) is 0. The lowest BCUT2D eigenvalue weighted by Crippen LogP contribution is -2.13. The Labute approximate surface area is 97.9 Å². The van der Waals surface area contributed by atoms with Crippen molar-refractivity contribution in [1.29, 1.82) is 0 Å². The first-order valence-corrected chi connectivity index (χ1v) is 12.4. The topological polar surface area (TPSA) is 0 Å². The second-order valence-corrected chi connectivity index (χ2v) is 11.9. The molecule has 0 aliphatic rings. The molecule has 0 unspecified atom stereocenters. The first-order chi connectivity index (χ1) is 7.09. The van der Waals surface area contributed by atoms with Gasteiger partial charge in [-0.2, -0.15) is 0 Å². The molecule has 0 radical (unpaired) electrons. The van der Waals surface area contributed by atoms with Gasteiger partial charge in [0.05, 0.1) is 0 Å². The van der Waals surface area contributed by atoms with Gasteiger partial charge in [-0.05, 0) is 11.5 Å². The average Bonchev–Trinajstić information content (AvgIpc) is 2.17. The van der Waals surface area contributed by atoms with Crippen LogP contribution in [-0.2, 0) is 0 Å². The largest absolute Gasteiger partial charge is 0.0722 e. The van der Waals surface area contributed by atoms with Crippen molar-refractivity contribution in [3.63, 3.8) is 0 Å². The predicted octanol–water partition coefficient (Wildman–Crippen LogP) is 3.74. The van der Waals surface area contributed by atoms with Gasteiger partial charge in [-0.15, -0.1) is 0 Å². The molecule has 1 rings (SSSR count). The monoisotopic (exact) mass is 236 g/mol. The first kappa shape index (κ1) is 12.7. The van der Waals surface area contributed by atoms with Gasteiger partial charge in [0.25, 0.3) is 0 Å². The van der Waals surface area contributed by atoms with Gasteiger partial charge in [-0.3, -0.25) is 0 Å². The van der Waals surface area contributed by atoms with E-state index in [1.807, 2.05) is 0 Å². The maximum Gasteiger partial charge on any atom is 0.0311 e. The van der Waals surface area contributed by atoms with Gasteiger partial charge in [0, 0.05) is 17.6 Å². The summed E-state index contributed by atoms with van der Waals surface area (Å²) in [6.07, 6.45) is 0. The van der Waals surface area contributed by atoms with E-state index in [1.54, 1.807) is 5.56 Å². The number of rotatable bonds is 5. The summed E-state index contributed by atoms with van der Waals surface area (Å²) in [4.78, 5) is 0. The van der Waals surface area contributed by atoms with Crippen LogP contribution in [0.1, 0.15) is 11.5 Å². The van der Waals surface area contributed by atoms with Crippen LogP contribution in [0.5, 0.6) is 0 Å². The quantitative estimate of drug-likeness (QED) is 0.683. The Kier molecular flexibility index (Phi) is 5.33. The maximum absolute atomic E-state index is 2.47. The molecule has 0 fully saturated rings. The third-order valence-electron chi connectivity index (χ3n) is 2.78. The van der Waals surface area contributed by atoms with E-state index in [4.69, 9.17) is 0 Å². The molecule has 0 saturated heterocycles. The highest BCUT2D eigenvalue weighted by Gasteiger charge is 2.15. The first-order valence-electron chi connectivity index (χ1n) is 6.14. The van der Waals surface area contributed by atoms with Crippen LogP contribution in [0.25, 0.3) is 0 Å². The summed E-state index contributed by atoms with van der Waals surface area (Å²) in [7, 11) is -0.870. The Bertz CT molecular complexity index is 257. The summed E-state index contributed by atoms with van der Waals surface area (Å²) in [5, 5.41) is 0. The minimum atomic E-state index is -0.435. The summed E-state index contributed by atoms with van der Waals surface area (Å²) in [6.45, 7) is 9.88. The van der Waals surface area contributed by atoms with Crippen LogP contribution in [0.4, 0.5) is 0 Å². The fraction of sp³-hybridized carbons (Fsp3) is 0.538. The van der Waals surface area contributed by atoms with Gasteiger partial charge in [0.2, 0.25) is 0 Å². The van der Waals surface area contributed by atoms with Crippen molar-refractivity contribution in [1.82, 2.24) is 0 Å². The van der Waals surface area contributed by atoms with Gasteiger partial charge in [-0.25, -0.2) is 0 Å². The minimum absolute atomic E-state index is 0.435. The third-order valence-corrected chi connectivity index (χ3v) is 5.81. The molecular weight excluding hydrogens is 212 g/mol. The summed E-state index contributed by atoms with van der Waals surface area (Å²) >= 11 is 0. The molecule has 0 bridgehead atoms. The van der Waals surface area contributed by atoms with Gasteiger partial charge < -0.3 is 0 Å². The van der Waals surface area contributed by atoms with E-state index in [0.29, 0.717) is 0 Å². The average molecular weight is 237 g/mol. The molecule has 0 N–H and O–H groups in total. The van der Waals surface area contributed by atoms with E-state index >= 15 is 0 Å². The molecule has 0 heterocycles. The molecule has 84 valence electrons. The molecule has 0 aliphatic heterocycles. The SMILES string of the molecule is C[SiH](C)CC(C[SiH](C)C)c1ccccc1. The van der Waals surface area contributed by atoms with Gasteiger partial charge >= 0.3 is 0 Å². The molecule has 0 aliphatic carbocycles. The minimum Gasteiger partial charge on any atom is -0.0722 e. The second-order valence-electron chi connectivity index (χ2n) is 5.37. The van der Waals surface area contributed by atoms with E-state index in [0.717, 1.165) is 5.92 Å². The fourth-order valence-corrected chi connectivity index (χ4v) is 5.82. The molecule has 0 atom stereocenters. The number of benzene rings is 1. The molecule has 1 aromatic rings. The van der Waals surface area contributed by atoms with Crippen molar-refractivity contribution in [2.24, 2.45) is 0 Å². The molecule has 0 nitrogen and oxygen atoms in total. The smallest absolute Gasteiger partial charge is 0.0311 e. The van der Waals surface area contributed by atoms with Crippen molar-refractivity contribution in [2.45, 2.75) is 44.2 Å². The van der Waals surface area contributed by atoms with E-state index < -0.39 is 17.6 Å². The molecule has 2 heteroatoms. The zero-order valence-electron chi connectivity index (χ0n) is 10.5. The van der Waals surface area contributed by atoms with Gasteiger partial charge in [-0.1, -0.05) is 68.6 Å². The Morgan fingerprint density at radius 2 is 1.33 bits per heavy atom. The van der Waals surface area contributed by atoms with Crippen molar-refractivity contribution in [3.8, 4) is 0 Å². The van der Waals surface area contributed by atoms with Crippen LogP contribution in [0.2, 0.25) is 38.3 Å². The second kappa shape index (κ2) is 6.28. The molecule has 1 aromatic carbocycles. The summed E-state index contributed by atoms with van der Waals surface area (Å²) in [5.41, 5.74) is 1.58. The highest BCUT2D eigenvalue weighted by atomic mass is 28.3. The molecular formula is C13H24Si2. The Morgan fingerprint density at radius 1 is 0.867 bits per heavy atom. The maximum atomic E-state index is 2.47. The van der Waals surface area contributed by atoms with E-state index in [9.17, 15) is 0 Å². The normalized spacial score (nSPS) is 11.7. The highest BCUT2D eigenvalue weighted by Crippen LogP contribution is 2.27. The van der Waals surface area contributed by atoms with Crippen LogP contribution >= 0.6 is 0 Å². The standard InChI is InChI=1S/C13H24Si2/c1-14(2)10-13(11-15(3)4)12-8-6-5-7-9-12/h5-9,13-15H,10-11H2,1-4H3. The van der Waals surface area contributed by atoms with Crippen LogP contribution in [0.15, 0.2) is 30.3 Å². The zero-order chi connectivity index (χ0) is 11.3. The Balaban J connectivity index is 2.72. The van der Waals surface area contributed by atoms with Crippen molar-refractivity contribution in [3.05, 3.63) is 35.9 Å². The highest BCUT2D eigenvalue weighted by molar-refractivity contribution is 6.57. The summed E-state index contributed by atoms with van der Waals surface area (Å²) in [5.74, 6) is 0.865. The molecule has 0 amide bonds. The fourth-order valence-electron chi connectivity index (χ4n) is 2.23. The summed E-state index contributed by atoms with van der Waals surface area (Å²) < 4.78 is 0. The molecule has 0 spiro atoms. The van der Waals surface area contributed by atoms with Crippen LogP contribution in [-0.4, -0.2) is 17.6 Å². The van der Waals surface area contributed by atoms with Crippen LogP contribution in [0, 0.1) is 0 Å². The Hall–Kier alpha value is -0.346. The Morgan fingerprint density at radius 3 is 1.73 bits per heavy atom. The van der Waals surface area contributed by atoms with Crippen molar-refractivity contribution in [2.75, 3.05) is 0 Å². The lowest BCUT2D eigenvalue weighted by Gasteiger charge is -2.20. The van der Waals surface area contributed by atoms with Gasteiger partial charge in [0.1, 0.15) is 0 Å². The summed E-state index contributed by atoms with van der Waals surface area (Å²) in [6, 6.07) is 14.1. The van der Waals surface area contributed by atoms with Gasteiger partial charge in [0.15, 0.2) is 0 Å². The van der Waals surface area contributed by atoms with Crippen molar-refractivity contribution >= 4 is 17.6 Å². The van der Waals surface area contributed by atoms with Crippen LogP contribution in [0.3, 0.4) is 0 Å². The third kappa shape index (κ3) is 4.80. The van der Waals surface area contributed by atoms with Crippen LogP contribution < -0.4 is 0 Å². The number of hydrogen-bond donors (Lipinski definition) is 0. The van der Waals surface area contributed by atoms with E-state index in [2.05, 4.69) is 56.5 Å². The molecule has 0 aromatic heterocycles. The van der Waals surface area contributed by atoms with Crippen molar-refractivity contribution < 1.29 is 0 Å². The zero-order valence-corrected chi connectivity index (χ0v) is 12.8. The lowest BCUT2D eigenvalue weighted by molar-refractivity contribution is 0.841. The van der Waals surface area contributed by atoms with E-state index in [1.165, 1.54) is 12.1 Å². The lowest BCUT2D eigenvalue weighted by atomic mass is 10.0. The predicted molar refractivity (Wildman–Crippen MR) is 76.6 cm³/mol. The molecule has 15 heavy (non-hydrogen) atoms. The molecule has 0 saturated carbocycles.